The summed E-state index contributed by atoms with van der Waals surface area (Å²) in [4.78, 5) is 56.6. The SMILES string of the molecule is CCCOc1ccc(S(=O)(=O)N2C[C@@H](CCO[N+](=O)[O-])N(C)[C@@H](CCO[N+](=O)[O-])C2)cc1C1=NC(=O)C2C(=N1)C(CCC)=CN2CC. The second-order valence-corrected chi connectivity index (χ2v) is 13.3. The number of aliphatic imine (C=N–C) groups is 2. The van der Waals surface area contributed by atoms with Gasteiger partial charge in [0.1, 0.15) is 5.75 Å². The molecule has 3 atom stereocenters. The van der Waals surface area contributed by atoms with Gasteiger partial charge < -0.3 is 19.3 Å². The number of fused-ring (bicyclic) bond motifs is 1. The van der Waals surface area contributed by atoms with Gasteiger partial charge in [0.2, 0.25) is 10.0 Å². The van der Waals surface area contributed by atoms with Crippen LogP contribution < -0.4 is 4.74 Å². The molecule has 1 fully saturated rings. The molecule has 1 aromatic carbocycles. The van der Waals surface area contributed by atoms with Crippen LogP contribution in [-0.2, 0) is 24.5 Å². The van der Waals surface area contributed by atoms with E-state index < -0.39 is 44.2 Å². The fourth-order valence-corrected chi connectivity index (χ4v) is 7.51. The van der Waals surface area contributed by atoms with E-state index in [1.54, 1.807) is 7.05 Å². The average Bonchev–Trinajstić information content (AvgIpc) is 3.39. The number of piperazine rings is 1. The third-order valence-electron chi connectivity index (χ3n) is 8.37. The summed E-state index contributed by atoms with van der Waals surface area (Å²) in [6.45, 7) is 6.28. The summed E-state index contributed by atoms with van der Waals surface area (Å²) < 4.78 is 35.6. The molecular formula is C29H41N7O10S. The Morgan fingerprint density at radius 2 is 1.60 bits per heavy atom. The predicted molar refractivity (Wildman–Crippen MR) is 170 cm³/mol. The third-order valence-corrected chi connectivity index (χ3v) is 10.2. The molecule has 0 radical (unpaired) electrons. The number of sulfonamides is 1. The average molecular weight is 680 g/mol. The van der Waals surface area contributed by atoms with E-state index in [9.17, 15) is 33.4 Å². The molecule has 3 aliphatic heterocycles. The molecule has 0 aromatic heterocycles. The number of amides is 1. The molecule has 0 aliphatic carbocycles. The van der Waals surface area contributed by atoms with Crippen LogP contribution in [0.1, 0.15) is 58.4 Å². The maximum Gasteiger partial charge on any atom is 0.294 e. The van der Waals surface area contributed by atoms with Gasteiger partial charge in [-0.25, -0.2) is 13.4 Å². The monoisotopic (exact) mass is 679 g/mol. The van der Waals surface area contributed by atoms with E-state index in [-0.39, 0.29) is 55.4 Å². The number of rotatable bonds is 17. The Bertz CT molecular complexity index is 1520. The molecule has 1 unspecified atom stereocenters. The van der Waals surface area contributed by atoms with Gasteiger partial charge in [-0.15, -0.1) is 20.2 Å². The van der Waals surface area contributed by atoms with Crippen molar-refractivity contribution in [3.8, 4) is 5.75 Å². The highest BCUT2D eigenvalue weighted by Gasteiger charge is 2.41. The molecule has 4 rings (SSSR count). The number of nitrogens with zero attached hydrogens (tertiary/aromatic N) is 7. The number of hydrogen-bond acceptors (Lipinski definition) is 13. The van der Waals surface area contributed by atoms with Crippen LogP contribution in [0.5, 0.6) is 5.75 Å². The fraction of sp³-hybridized carbons (Fsp3) is 0.621. The molecule has 3 heterocycles. The number of likely N-dealkylation sites (N-methyl/N-ethyl adjacent to an activating group) is 2. The van der Waals surface area contributed by atoms with Crippen molar-refractivity contribution in [3.63, 3.8) is 0 Å². The highest BCUT2D eigenvalue weighted by Crippen LogP contribution is 2.32. The minimum absolute atomic E-state index is 0.0165. The lowest BCUT2D eigenvalue weighted by Gasteiger charge is -2.44. The zero-order valence-corrected chi connectivity index (χ0v) is 27.8. The highest BCUT2D eigenvalue weighted by molar-refractivity contribution is 7.89. The molecule has 1 amide bonds. The van der Waals surface area contributed by atoms with Gasteiger partial charge in [0.15, 0.2) is 11.9 Å². The van der Waals surface area contributed by atoms with Gasteiger partial charge in [0.05, 0.1) is 36.0 Å². The van der Waals surface area contributed by atoms with Crippen LogP contribution in [0, 0.1) is 20.2 Å². The van der Waals surface area contributed by atoms with E-state index in [4.69, 9.17) is 9.73 Å². The lowest BCUT2D eigenvalue weighted by Crippen LogP contribution is -2.58. The van der Waals surface area contributed by atoms with E-state index in [0.717, 1.165) is 12.0 Å². The van der Waals surface area contributed by atoms with Crippen LogP contribution in [0.15, 0.2) is 44.9 Å². The van der Waals surface area contributed by atoms with Gasteiger partial charge in [-0.3, -0.25) is 9.69 Å². The summed E-state index contributed by atoms with van der Waals surface area (Å²) in [5, 5.41) is 19.7. The maximum atomic E-state index is 14.2. The zero-order valence-electron chi connectivity index (χ0n) is 26.9. The molecule has 17 nitrogen and oxygen atoms in total. The molecule has 0 saturated carbocycles. The van der Waals surface area contributed by atoms with Crippen LogP contribution in [0.2, 0.25) is 0 Å². The van der Waals surface area contributed by atoms with Crippen LogP contribution in [0.3, 0.4) is 0 Å². The molecule has 18 heteroatoms. The quantitative estimate of drug-likeness (QED) is 0.172. The Morgan fingerprint density at radius 3 is 2.15 bits per heavy atom. The lowest BCUT2D eigenvalue weighted by atomic mass is 10.0. The van der Waals surface area contributed by atoms with Crippen molar-refractivity contribution >= 4 is 27.5 Å². The largest absolute Gasteiger partial charge is 0.493 e. The first-order chi connectivity index (χ1) is 22.4. The van der Waals surface area contributed by atoms with Crippen molar-refractivity contribution in [1.82, 2.24) is 14.1 Å². The number of amidine groups is 1. The number of ether oxygens (including phenoxy) is 1. The zero-order chi connectivity index (χ0) is 34.3. The third kappa shape index (κ3) is 8.23. The van der Waals surface area contributed by atoms with Crippen molar-refractivity contribution in [1.29, 1.82) is 0 Å². The van der Waals surface area contributed by atoms with Crippen LogP contribution in [0.4, 0.5) is 0 Å². The van der Waals surface area contributed by atoms with E-state index in [2.05, 4.69) is 14.7 Å². The summed E-state index contributed by atoms with van der Waals surface area (Å²) in [5.74, 6) is -0.00982. The summed E-state index contributed by atoms with van der Waals surface area (Å²) in [5.41, 5.74) is 1.78. The molecule has 0 bridgehead atoms. The van der Waals surface area contributed by atoms with Crippen LogP contribution in [0.25, 0.3) is 0 Å². The number of benzene rings is 1. The predicted octanol–water partition coefficient (Wildman–Crippen LogP) is 2.46. The molecular weight excluding hydrogens is 638 g/mol. The topological polar surface area (TPSA) is 200 Å². The molecule has 3 aliphatic rings. The van der Waals surface area contributed by atoms with E-state index >= 15 is 0 Å². The van der Waals surface area contributed by atoms with Gasteiger partial charge in [-0.2, -0.15) is 9.30 Å². The first kappa shape index (κ1) is 35.7. The van der Waals surface area contributed by atoms with E-state index in [0.29, 0.717) is 37.5 Å². The van der Waals surface area contributed by atoms with Gasteiger partial charge in [0.25, 0.3) is 16.1 Å². The number of hydrogen-bond donors (Lipinski definition) is 0. The van der Waals surface area contributed by atoms with Gasteiger partial charge in [-0.05, 0) is 63.4 Å². The van der Waals surface area contributed by atoms with Crippen molar-refractivity contribution in [2.75, 3.05) is 46.5 Å². The van der Waals surface area contributed by atoms with Crippen molar-refractivity contribution in [2.45, 2.75) is 75.9 Å². The van der Waals surface area contributed by atoms with Crippen molar-refractivity contribution in [2.24, 2.45) is 9.98 Å². The first-order valence-corrected chi connectivity index (χ1v) is 17.1. The summed E-state index contributed by atoms with van der Waals surface area (Å²) in [7, 11) is -2.48. The lowest BCUT2D eigenvalue weighted by molar-refractivity contribution is -0.758. The van der Waals surface area contributed by atoms with E-state index in [1.807, 2.05) is 36.8 Å². The number of carbonyl (C=O) groups excluding carboxylic acids is 1. The molecule has 1 saturated heterocycles. The molecule has 47 heavy (non-hydrogen) atoms. The summed E-state index contributed by atoms with van der Waals surface area (Å²) in [6, 6.07) is 2.71. The fourth-order valence-electron chi connectivity index (χ4n) is 5.97. The molecule has 0 N–H and O–H groups in total. The standard InChI is InChI=1S/C29H41N7O10S/c1-5-8-20-17-33(7-3)27-26(20)30-28(31-29(27)37)24-16-23(9-10-25(24)44-13-6-2)47(42,43)34-18-21(11-14-45-35(38)39)32(4)22(19-34)12-15-46-36(40)41/h9-10,16-17,21-22,27H,5-8,11-15,18-19H2,1-4H3/t21-,22+,27?. The normalized spacial score (nSPS) is 21.9. The first-order valence-electron chi connectivity index (χ1n) is 15.6. The summed E-state index contributed by atoms with van der Waals surface area (Å²) >= 11 is 0. The van der Waals surface area contributed by atoms with E-state index in [1.165, 1.54) is 22.5 Å². The van der Waals surface area contributed by atoms with Crippen LogP contribution in [-0.4, -0.2) is 115 Å². The number of carbonyl (C=O) groups is 1. The maximum absolute atomic E-state index is 14.2. The minimum atomic E-state index is -4.20. The minimum Gasteiger partial charge on any atom is -0.493 e. The Labute approximate surface area is 273 Å². The second-order valence-electron chi connectivity index (χ2n) is 11.4. The Kier molecular flexibility index (Phi) is 11.9. The molecule has 258 valence electrons. The second kappa shape index (κ2) is 15.6. The van der Waals surface area contributed by atoms with Gasteiger partial charge >= 0.3 is 0 Å². The Morgan fingerprint density at radius 1 is 0.957 bits per heavy atom. The van der Waals surface area contributed by atoms with Crippen LogP contribution >= 0.6 is 0 Å². The van der Waals surface area contributed by atoms with Crippen molar-refractivity contribution < 1.29 is 37.8 Å². The highest BCUT2D eigenvalue weighted by atomic mass is 32.2. The molecule has 1 aromatic rings. The summed E-state index contributed by atoms with van der Waals surface area (Å²) in [6.07, 6.45) is 4.44. The molecule has 0 spiro atoms. The smallest absolute Gasteiger partial charge is 0.294 e. The Hall–Kier alpha value is -4.16. The van der Waals surface area contributed by atoms with Gasteiger partial charge in [-0.1, -0.05) is 20.3 Å². The Balaban J connectivity index is 1.70. The van der Waals surface area contributed by atoms with Crippen molar-refractivity contribution in [3.05, 3.63) is 55.8 Å². The van der Waals surface area contributed by atoms with Gasteiger partial charge in [0, 0.05) is 37.9 Å².